The van der Waals surface area contributed by atoms with Crippen LogP contribution in [0.2, 0.25) is 0 Å². The Morgan fingerprint density at radius 2 is 2.33 bits per heavy atom. The maximum absolute atomic E-state index is 12.9. The van der Waals surface area contributed by atoms with Gasteiger partial charge in [0.15, 0.2) is 0 Å². The summed E-state index contributed by atoms with van der Waals surface area (Å²) >= 11 is 6.04. The molecule has 0 amide bonds. The minimum absolute atomic E-state index is 0.0993. The predicted octanol–water partition coefficient (Wildman–Crippen LogP) is 2.80. The second-order valence-corrected chi connectivity index (χ2v) is 4.01. The first-order valence-electron chi connectivity index (χ1n) is 4.87. The first kappa shape index (κ1) is 10.7. The molecular formula is C11H12ClFNO. The van der Waals surface area contributed by atoms with Crippen LogP contribution < -0.4 is 5.32 Å². The fourth-order valence-corrected chi connectivity index (χ4v) is 1.81. The topological polar surface area (TPSA) is 21.3 Å². The van der Waals surface area contributed by atoms with Gasteiger partial charge in [-0.3, -0.25) is 0 Å². The Kier molecular flexibility index (Phi) is 3.44. The summed E-state index contributed by atoms with van der Waals surface area (Å²) in [6.45, 7) is 2.26. The number of nitrogens with one attached hydrogen (secondary N) is 1. The number of benzene rings is 1. The smallest absolute Gasteiger partial charge is 0.125 e. The Morgan fingerprint density at radius 3 is 3.07 bits per heavy atom. The molecule has 2 nitrogen and oxygen atoms in total. The standard InChI is InChI=1S/C11H12ClFNO/c12-10-7-15-5-4-11(10)14-9-3-1-2-8(13)6-9/h1-3,6-7,10-11,14H,4-5H2. The highest BCUT2D eigenvalue weighted by atomic mass is 35.5. The predicted molar refractivity (Wildman–Crippen MR) is 58.3 cm³/mol. The van der Waals surface area contributed by atoms with Gasteiger partial charge >= 0.3 is 0 Å². The molecule has 0 saturated carbocycles. The van der Waals surface area contributed by atoms with Crippen molar-refractivity contribution >= 4 is 17.3 Å². The third-order valence-electron chi connectivity index (χ3n) is 2.33. The van der Waals surface area contributed by atoms with Gasteiger partial charge in [-0.2, -0.15) is 0 Å². The average molecular weight is 229 g/mol. The van der Waals surface area contributed by atoms with E-state index in [1.807, 2.05) is 6.07 Å². The first-order valence-corrected chi connectivity index (χ1v) is 5.30. The van der Waals surface area contributed by atoms with Crippen LogP contribution in [-0.2, 0) is 4.74 Å². The highest BCUT2D eigenvalue weighted by molar-refractivity contribution is 6.22. The number of hydrogen-bond acceptors (Lipinski definition) is 2. The van der Waals surface area contributed by atoms with Gasteiger partial charge in [-0.25, -0.2) is 4.39 Å². The van der Waals surface area contributed by atoms with Crippen molar-refractivity contribution in [3.8, 4) is 0 Å². The van der Waals surface area contributed by atoms with Gasteiger partial charge < -0.3 is 10.1 Å². The minimum atomic E-state index is -0.248. The molecule has 1 saturated heterocycles. The number of hydrogen-bond donors (Lipinski definition) is 1. The van der Waals surface area contributed by atoms with E-state index in [-0.39, 0.29) is 17.2 Å². The SMILES string of the molecule is Fc1cccc(NC2CCO[CH]C2Cl)c1. The normalized spacial score (nSPS) is 26.3. The van der Waals surface area contributed by atoms with Crippen molar-refractivity contribution in [2.24, 2.45) is 0 Å². The van der Waals surface area contributed by atoms with Crippen LogP contribution in [-0.4, -0.2) is 18.0 Å². The van der Waals surface area contributed by atoms with Crippen LogP contribution in [0.3, 0.4) is 0 Å². The molecule has 1 fully saturated rings. The molecule has 1 aliphatic rings. The molecule has 1 N–H and O–H groups in total. The van der Waals surface area contributed by atoms with Crippen LogP contribution >= 0.6 is 11.6 Å². The van der Waals surface area contributed by atoms with Crippen LogP contribution in [0, 0.1) is 12.4 Å². The molecule has 4 heteroatoms. The molecule has 15 heavy (non-hydrogen) atoms. The highest BCUT2D eigenvalue weighted by Gasteiger charge is 2.23. The van der Waals surface area contributed by atoms with Crippen molar-refractivity contribution in [3.63, 3.8) is 0 Å². The molecule has 1 aromatic carbocycles. The van der Waals surface area contributed by atoms with Crippen LogP contribution in [0.15, 0.2) is 24.3 Å². The maximum atomic E-state index is 12.9. The fraction of sp³-hybridized carbons (Fsp3) is 0.364. The molecule has 1 aromatic rings. The number of anilines is 1. The summed E-state index contributed by atoms with van der Waals surface area (Å²) < 4.78 is 18.0. The number of alkyl halides is 1. The van der Waals surface area contributed by atoms with E-state index in [1.165, 1.54) is 12.1 Å². The van der Waals surface area contributed by atoms with Crippen molar-refractivity contribution in [1.82, 2.24) is 0 Å². The Hall–Kier alpha value is -0.800. The highest BCUT2D eigenvalue weighted by Crippen LogP contribution is 2.21. The maximum Gasteiger partial charge on any atom is 0.125 e. The lowest BCUT2D eigenvalue weighted by atomic mass is 10.1. The first-order chi connectivity index (χ1) is 7.25. The van der Waals surface area contributed by atoms with Gasteiger partial charge in [0.05, 0.1) is 5.38 Å². The van der Waals surface area contributed by atoms with Gasteiger partial charge in [0, 0.05) is 18.3 Å². The monoisotopic (exact) mass is 228 g/mol. The van der Waals surface area contributed by atoms with Crippen molar-refractivity contribution < 1.29 is 9.13 Å². The molecule has 2 atom stereocenters. The van der Waals surface area contributed by atoms with Crippen LogP contribution in [0.1, 0.15) is 6.42 Å². The number of ether oxygens (including phenoxy) is 1. The summed E-state index contributed by atoms with van der Waals surface area (Å²) in [7, 11) is 0. The molecule has 2 unspecified atom stereocenters. The Balaban J connectivity index is 2.01. The molecule has 2 rings (SSSR count). The van der Waals surface area contributed by atoms with Gasteiger partial charge in [-0.05, 0) is 24.6 Å². The summed E-state index contributed by atoms with van der Waals surface area (Å²) in [5.74, 6) is -0.248. The lowest BCUT2D eigenvalue weighted by Crippen LogP contribution is -2.35. The van der Waals surface area contributed by atoms with E-state index in [2.05, 4.69) is 5.32 Å². The Bertz CT molecular complexity index is 334. The van der Waals surface area contributed by atoms with Gasteiger partial charge in [-0.1, -0.05) is 6.07 Å². The molecule has 1 aliphatic heterocycles. The van der Waals surface area contributed by atoms with Crippen LogP contribution in [0.25, 0.3) is 0 Å². The number of rotatable bonds is 2. The van der Waals surface area contributed by atoms with Gasteiger partial charge in [0.25, 0.3) is 0 Å². The fourth-order valence-electron chi connectivity index (χ4n) is 1.55. The van der Waals surface area contributed by atoms with E-state index in [4.69, 9.17) is 16.3 Å². The molecular weight excluding hydrogens is 217 g/mol. The summed E-state index contributed by atoms with van der Waals surface area (Å²) in [6.07, 6.45) is 0.821. The molecule has 81 valence electrons. The molecule has 1 heterocycles. The van der Waals surface area contributed by atoms with Gasteiger partial charge in [0.1, 0.15) is 12.4 Å². The van der Waals surface area contributed by atoms with Crippen molar-refractivity contribution in [2.75, 3.05) is 11.9 Å². The van der Waals surface area contributed by atoms with Gasteiger partial charge in [-0.15, -0.1) is 11.6 Å². The largest absolute Gasteiger partial charge is 0.381 e. The lowest BCUT2D eigenvalue weighted by molar-refractivity contribution is 0.151. The summed E-state index contributed by atoms with van der Waals surface area (Å²) in [6, 6.07) is 6.46. The third-order valence-corrected chi connectivity index (χ3v) is 2.74. The van der Waals surface area contributed by atoms with E-state index in [0.717, 1.165) is 12.1 Å². The van der Waals surface area contributed by atoms with E-state index in [1.54, 1.807) is 12.7 Å². The van der Waals surface area contributed by atoms with E-state index in [0.29, 0.717) is 6.61 Å². The van der Waals surface area contributed by atoms with E-state index in [9.17, 15) is 4.39 Å². The quantitative estimate of drug-likeness (QED) is 0.786. The Labute approximate surface area is 93.4 Å². The van der Waals surface area contributed by atoms with Gasteiger partial charge in [0.2, 0.25) is 0 Å². The molecule has 0 bridgehead atoms. The zero-order valence-corrected chi connectivity index (χ0v) is 8.88. The summed E-state index contributed by atoms with van der Waals surface area (Å²) in [5, 5.41) is 3.01. The van der Waals surface area contributed by atoms with Crippen molar-refractivity contribution in [3.05, 3.63) is 36.7 Å². The Morgan fingerprint density at radius 1 is 1.47 bits per heavy atom. The number of halogens is 2. The van der Waals surface area contributed by atoms with E-state index < -0.39 is 0 Å². The third kappa shape index (κ3) is 2.83. The minimum Gasteiger partial charge on any atom is -0.381 e. The van der Waals surface area contributed by atoms with Crippen LogP contribution in [0.5, 0.6) is 0 Å². The lowest BCUT2D eigenvalue weighted by Gasteiger charge is -2.28. The second-order valence-electron chi connectivity index (χ2n) is 3.50. The molecule has 0 aromatic heterocycles. The van der Waals surface area contributed by atoms with E-state index >= 15 is 0 Å². The zero-order chi connectivity index (χ0) is 10.7. The van der Waals surface area contributed by atoms with Crippen molar-refractivity contribution in [1.29, 1.82) is 0 Å². The van der Waals surface area contributed by atoms with Crippen molar-refractivity contribution in [2.45, 2.75) is 17.8 Å². The molecule has 0 aliphatic carbocycles. The zero-order valence-electron chi connectivity index (χ0n) is 8.12. The molecule has 0 spiro atoms. The average Bonchev–Trinajstić information content (AvgIpc) is 2.22. The summed E-state index contributed by atoms with van der Waals surface area (Å²) in [5.41, 5.74) is 0.751. The summed E-state index contributed by atoms with van der Waals surface area (Å²) in [4.78, 5) is 0. The second kappa shape index (κ2) is 4.81. The molecule has 1 radical (unpaired) electrons. The van der Waals surface area contributed by atoms with Crippen LogP contribution in [0.4, 0.5) is 10.1 Å².